The molecular formula is C23H16ClN5O2S. The van der Waals surface area contributed by atoms with Gasteiger partial charge in [-0.25, -0.2) is 4.68 Å². The van der Waals surface area contributed by atoms with E-state index in [1.54, 1.807) is 35.9 Å². The molecule has 0 fully saturated rings. The van der Waals surface area contributed by atoms with Crippen molar-refractivity contribution in [2.24, 2.45) is 0 Å². The maximum Gasteiger partial charge on any atom is 0.214 e. The summed E-state index contributed by atoms with van der Waals surface area (Å²) < 4.78 is 12.1. The second-order valence-electron chi connectivity index (χ2n) is 6.72. The second-order valence-corrected chi connectivity index (χ2v) is 8.27. The molecule has 0 saturated heterocycles. The molecule has 3 aromatic heterocycles. The van der Waals surface area contributed by atoms with Gasteiger partial charge < -0.3 is 9.26 Å². The SMILES string of the molecule is COc1cnccc1-n1cc(Sc2ccc(Cl)cc2)c(-c2ccc(-c3ncon3)cc2)n1. The molecule has 0 unspecified atom stereocenters. The van der Waals surface area contributed by atoms with Gasteiger partial charge in [0.2, 0.25) is 12.2 Å². The van der Waals surface area contributed by atoms with E-state index in [1.807, 2.05) is 60.8 Å². The van der Waals surface area contributed by atoms with Crippen LogP contribution in [0.25, 0.3) is 28.3 Å². The Hall–Kier alpha value is -3.62. The first-order valence-electron chi connectivity index (χ1n) is 9.60. The lowest BCUT2D eigenvalue weighted by molar-refractivity contribution is 0.410. The number of aromatic nitrogens is 5. The zero-order valence-electron chi connectivity index (χ0n) is 16.8. The number of benzene rings is 2. The summed E-state index contributed by atoms with van der Waals surface area (Å²) in [5, 5.41) is 9.47. The Morgan fingerprint density at radius 2 is 1.78 bits per heavy atom. The van der Waals surface area contributed by atoms with E-state index in [1.165, 1.54) is 6.39 Å². The van der Waals surface area contributed by atoms with Crippen LogP contribution in [0.1, 0.15) is 0 Å². The third-order valence-corrected chi connectivity index (χ3v) is 6.01. The first-order chi connectivity index (χ1) is 15.7. The van der Waals surface area contributed by atoms with Crippen LogP contribution in [0.2, 0.25) is 5.02 Å². The summed E-state index contributed by atoms with van der Waals surface area (Å²) >= 11 is 7.66. The summed E-state index contributed by atoms with van der Waals surface area (Å²) in [6.07, 6.45) is 6.68. The van der Waals surface area contributed by atoms with Crippen molar-refractivity contribution in [3.63, 3.8) is 0 Å². The predicted molar refractivity (Wildman–Crippen MR) is 122 cm³/mol. The third kappa shape index (κ3) is 4.10. The average Bonchev–Trinajstić information content (AvgIpc) is 3.51. The van der Waals surface area contributed by atoms with Gasteiger partial charge in [-0.1, -0.05) is 52.8 Å². The van der Waals surface area contributed by atoms with Gasteiger partial charge in [0.25, 0.3) is 0 Å². The molecule has 0 bridgehead atoms. The predicted octanol–water partition coefficient (Wildman–Crippen LogP) is 5.80. The summed E-state index contributed by atoms with van der Waals surface area (Å²) in [6, 6.07) is 17.5. The van der Waals surface area contributed by atoms with E-state index in [0.717, 1.165) is 32.3 Å². The number of hydrogen-bond donors (Lipinski definition) is 0. The van der Waals surface area contributed by atoms with Crippen LogP contribution < -0.4 is 4.74 Å². The van der Waals surface area contributed by atoms with Crippen molar-refractivity contribution in [2.75, 3.05) is 7.11 Å². The molecular weight excluding hydrogens is 446 g/mol. The lowest BCUT2D eigenvalue weighted by atomic mass is 10.1. The molecule has 0 amide bonds. The number of halogens is 1. The molecule has 2 aromatic carbocycles. The lowest BCUT2D eigenvalue weighted by Gasteiger charge is -2.06. The van der Waals surface area contributed by atoms with Gasteiger partial charge in [0.05, 0.1) is 18.2 Å². The number of pyridine rings is 1. The van der Waals surface area contributed by atoms with Crippen LogP contribution in [-0.4, -0.2) is 32.0 Å². The lowest BCUT2D eigenvalue weighted by Crippen LogP contribution is -1.99. The summed E-state index contributed by atoms with van der Waals surface area (Å²) in [5.74, 6) is 1.18. The van der Waals surface area contributed by atoms with Crippen LogP contribution in [0.5, 0.6) is 5.75 Å². The van der Waals surface area contributed by atoms with Crippen molar-refractivity contribution >= 4 is 23.4 Å². The molecule has 0 radical (unpaired) electrons. The molecule has 0 saturated carbocycles. The number of methoxy groups -OCH3 is 1. The maximum absolute atomic E-state index is 6.05. The molecule has 9 heteroatoms. The Morgan fingerprint density at radius 3 is 2.50 bits per heavy atom. The Morgan fingerprint density at radius 1 is 1.00 bits per heavy atom. The zero-order valence-corrected chi connectivity index (χ0v) is 18.4. The van der Waals surface area contributed by atoms with Gasteiger partial charge >= 0.3 is 0 Å². The van der Waals surface area contributed by atoms with Gasteiger partial charge in [-0.2, -0.15) is 10.1 Å². The van der Waals surface area contributed by atoms with Crippen molar-refractivity contribution in [2.45, 2.75) is 9.79 Å². The molecule has 32 heavy (non-hydrogen) atoms. The quantitative estimate of drug-likeness (QED) is 0.316. The highest BCUT2D eigenvalue weighted by molar-refractivity contribution is 7.99. The molecule has 0 N–H and O–H groups in total. The van der Waals surface area contributed by atoms with Crippen LogP contribution in [0.4, 0.5) is 0 Å². The van der Waals surface area contributed by atoms with Gasteiger partial charge in [0.1, 0.15) is 11.4 Å². The van der Waals surface area contributed by atoms with Crippen molar-refractivity contribution < 1.29 is 9.26 Å². The Bertz CT molecular complexity index is 1340. The van der Waals surface area contributed by atoms with Crippen molar-refractivity contribution in [3.8, 4) is 34.1 Å². The van der Waals surface area contributed by atoms with Gasteiger partial charge in [0, 0.05) is 33.4 Å². The van der Waals surface area contributed by atoms with Crippen LogP contribution in [0.3, 0.4) is 0 Å². The molecule has 3 heterocycles. The smallest absolute Gasteiger partial charge is 0.214 e. The Balaban J connectivity index is 1.58. The van der Waals surface area contributed by atoms with E-state index in [9.17, 15) is 0 Å². The minimum absolute atomic E-state index is 0.541. The monoisotopic (exact) mass is 461 g/mol. The van der Waals surface area contributed by atoms with Gasteiger partial charge in [-0.05, 0) is 30.3 Å². The fraction of sp³-hybridized carbons (Fsp3) is 0.0435. The fourth-order valence-electron chi connectivity index (χ4n) is 3.18. The highest BCUT2D eigenvalue weighted by atomic mass is 35.5. The molecule has 0 atom stereocenters. The molecule has 7 nitrogen and oxygen atoms in total. The summed E-state index contributed by atoms with van der Waals surface area (Å²) in [4.78, 5) is 10.3. The van der Waals surface area contributed by atoms with Gasteiger partial charge in [-0.3, -0.25) is 4.98 Å². The molecule has 0 aliphatic carbocycles. The van der Waals surface area contributed by atoms with Crippen LogP contribution in [-0.2, 0) is 0 Å². The molecule has 5 rings (SSSR count). The maximum atomic E-state index is 6.05. The Kier molecular flexibility index (Phi) is 5.62. The Labute approximate surface area is 193 Å². The van der Waals surface area contributed by atoms with E-state index in [2.05, 4.69) is 15.1 Å². The largest absolute Gasteiger partial charge is 0.493 e. The average molecular weight is 462 g/mol. The highest BCUT2D eigenvalue weighted by Crippen LogP contribution is 2.37. The summed E-state index contributed by atoms with van der Waals surface area (Å²) in [6.45, 7) is 0. The summed E-state index contributed by atoms with van der Waals surface area (Å²) in [7, 11) is 1.62. The van der Waals surface area contributed by atoms with E-state index >= 15 is 0 Å². The number of ether oxygens (including phenoxy) is 1. The number of hydrogen-bond acceptors (Lipinski definition) is 7. The highest BCUT2D eigenvalue weighted by Gasteiger charge is 2.16. The number of nitrogens with zero attached hydrogens (tertiary/aromatic N) is 5. The van der Waals surface area contributed by atoms with E-state index in [4.69, 9.17) is 26.0 Å². The minimum atomic E-state index is 0.541. The van der Waals surface area contributed by atoms with Crippen molar-refractivity contribution in [1.29, 1.82) is 0 Å². The molecule has 158 valence electrons. The molecule has 0 aliphatic heterocycles. The zero-order chi connectivity index (χ0) is 21.9. The normalized spacial score (nSPS) is 10.9. The van der Waals surface area contributed by atoms with Gasteiger partial charge in [0.15, 0.2) is 5.75 Å². The standard InChI is InChI=1S/C23H16ClN5O2S/c1-30-20-12-25-11-10-19(20)29-13-21(32-18-8-6-17(24)7-9-18)22(27-29)15-2-4-16(5-3-15)23-26-14-31-28-23/h2-14H,1H3. The van der Waals surface area contributed by atoms with Crippen LogP contribution >= 0.6 is 23.4 Å². The van der Waals surface area contributed by atoms with Crippen LogP contribution in [0, 0.1) is 0 Å². The van der Waals surface area contributed by atoms with E-state index in [0.29, 0.717) is 16.6 Å². The van der Waals surface area contributed by atoms with E-state index in [-0.39, 0.29) is 0 Å². The third-order valence-electron chi connectivity index (χ3n) is 4.73. The van der Waals surface area contributed by atoms with E-state index < -0.39 is 0 Å². The second kappa shape index (κ2) is 8.86. The first kappa shape index (κ1) is 20.3. The number of rotatable bonds is 6. The van der Waals surface area contributed by atoms with Gasteiger partial charge in [-0.15, -0.1) is 0 Å². The molecule has 0 spiro atoms. The van der Waals surface area contributed by atoms with Crippen molar-refractivity contribution in [1.82, 2.24) is 24.9 Å². The summed E-state index contributed by atoms with van der Waals surface area (Å²) in [5.41, 5.74) is 3.46. The van der Waals surface area contributed by atoms with Crippen LogP contribution in [0.15, 0.2) is 93.9 Å². The molecule has 5 aromatic rings. The first-order valence-corrected chi connectivity index (χ1v) is 10.8. The fourth-order valence-corrected chi connectivity index (χ4v) is 4.24. The van der Waals surface area contributed by atoms with Crippen molar-refractivity contribution in [3.05, 3.63) is 84.6 Å². The topological polar surface area (TPSA) is 78.9 Å². The molecule has 0 aliphatic rings. The minimum Gasteiger partial charge on any atom is -0.493 e.